The van der Waals surface area contributed by atoms with Gasteiger partial charge in [0.05, 0.1) is 11.7 Å². The van der Waals surface area contributed by atoms with Crippen molar-refractivity contribution in [1.29, 1.82) is 0 Å². The minimum absolute atomic E-state index is 0.0394. The monoisotopic (exact) mass is 436 g/mol. The van der Waals surface area contributed by atoms with Crippen molar-refractivity contribution < 1.29 is 13.2 Å². The molecule has 8 heteroatoms. The molecule has 1 aromatic heterocycles. The third-order valence-corrected chi connectivity index (χ3v) is 6.34. The number of amides is 1. The zero-order chi connectivity index (χ0) is 21.7. The van der Waals surface area contributed by atoms with E-state index in [2.05, 4.69) is 14.3 Å². The summed E-state index contributed by atoms with van der Waals surface area (Å²) in [6, 6.07) is 16.1. The summed E-state index contributed by atoms with van der Waals surface area (Å²) in [5.41, 5.74) is 1.75. The fourth-order valence-corrected chi connectivity index (χ4v) is 4.52. The van der Waals surface area contributed by atoms with Crippen molar-refractivity contribution in [2.45, 2.75) is 18.9 Å². The summed E-state index contributed by atoms with van der Waals surface area (Å²) in [4.78, 5) is 18.7. The van der Waals surface area contributed by atoms with E-state index in [1.54, 1.807) is 30.5 Å². The highest BCUT2D eigenvalue weighted by Gasteiger charge is 2.24. The molecule has 0 atom stereocenters. The molecule has 7 nitrogen and oxygen atoms in total. The molecule has 4 rings (SSSR count). The second-order valence-electron chi connectivity index (χ2n) is 7.47. The van der Waals surface area contributed by atoms with Crippen molar-refractivity contribution >= 4 is 27.7 Å². The molecule has 0 bridgehead atoms. The summed E-state index contributed by atoms with van der Waals surface area (Å²) >= 11 is 0. The van der Waals surface area contributed by atoms with Crippen molar-refractivity contribution in [3.8, 4) is 0 Å². The van der Waals surface area contributed by atoms with Gasteiger partial charge in [-0.15, -0.1) is 0 Å². The molecule has 31 heavy (non-hydrogen) atoms. The Morgan fingerprint density at radius 3 is 2.39 bits per heavy atom. The van der Waals surface area contributed by atoms with Gasteiger partial charge in [-0.3, -0.25) is 9.52 Å². The molecule has 1 N–H and O–H groups in total. The SMILES string of the molecule is O=C(c1ccc(NS(=O)(=O)/C=C/c2ccccc2)cc1)N1CCC(n2ccnc2)CC1. The Morgan fingerprint density at radius 1 is 1.03 bits per heavy atom. The first-order valence-electron chi connectivity index (χ1n) is 10.1. The number of sulfonamides is 1. The number of nitrogens with zero attached hydrogens (tertiary/aromatic N) is 3. The lowest BCUT2D eigenvalue weighted by molar-refractivity contribution is 0.0694. The lowest BCUT2D eigenvalue weighted by Crippen LogP contribution is -2.38. The Bertz CT molecular complexity index is 1130. The lowest BCUT2D eigenvalue weighted by Gasteiger charge is -2.32. The highest BCUT2D eigenvalue weighted by Crippen LogP contribution is 2.23. The highest BCUT2D eigenvalue weighted by atomic mass is 32.2. The topological polar surface area (TPSA) is 84.3 Å². The smallest absolute Gasteiger partial charge is 0.255 e. The molecule has 0 unspecified atom stereocenters. The van der Waals surface area contributed by atoms with Crippen LogP contribution >= 0.6 is 0 Å². The van der Waals surface area contributed by atoms with Crippen LogP contribution < -0.4 is 4.72 Å². The normalized spacial score (nSPS) is 15.3. The molecule has 1 saturated heterocycles. The fraction of sp³-hybridized carbons (Fsp3) is 0.217. The molecular weight excluding hydrogens is 412 g/mol. The summed E-state index contributed by atoms with van der Waals surface area (Å²) in [5, 5.41) is 1.13. The average Bonchev–Trinajstić information content (AvgIpc) is 3.34. The van der Waals surface area contributed by atoms with Gasteiger partial charge in [-0.1, -0.05) is 30.3 Å². The Labute approximate surface area is 182 Å². The minimum Gasteiger partial charge on any atom is -0.338 e. The second-order valence-corrected chi connectivity index (χ2v) is 9.04. The molecule has 0 radical (unpaired) electrons. The Kier molecular flexibility index (Phi) is 6.18. The van der Waals surface area contributed by atoms with Gasteiger partial charge in [-0.05, 0) is 48.7 Å². The first-order valence-corrected chi connectivity index (χ1v) is 11.7. The first-order chi connectivity index (χ1) is 15.0. The van der Waals surface area contributed by atoms with E-state index in [1.165, 1.54) is 6.08 Å². The van der Waals surface area contributed by atoms with Crippen LogP contribution in [-0.2, 0) is 10.0 Å². The third-order valence-electron chi connectivity index (χ3n) is 5.33. The number of benzene rings is 2. The number of carbonyl (C=O) groups is 1. The summed E-state index contributed by atoms with van der Waals surface area (Å²) in [5.74, 6) is -0.0394. The summed E-state index contributed by atoms with van der Waals surface area (Å²) < 4.78 is 29.2. The number of piperidine rings is 1. The van der Waals surface area contributed by atoms with E-state index in [9.17, 15) is 13.2 Å². The van der Waals surface area contributed by atoms with Crippen LogP contribution in [0.5, 0.6) is 0 Å². The van der Waals surface area contributed by atoms with Gasteiger partial charge in [0.1, 0.15) is 0 Å². The van der Waals surface area contributed by atoms with Crippen molar-refractivity contribution in [3.05, 3.63) is 89.9 Å². The van der Waals surface area contributed by atoms with Crippen LogP contribution in [0.4, 0.5) is 5.69 Å². The molecule has 3 aromatic rings. The lowest BCUT2D eigenvalue weighted by atomic mass is 10.0. The van der Waals surface area contributed by atoms with Crippen molar-refractivity contribution in [1.82, 2.24) is 14.5 Å². The van der Waals surface area contributed by atoms with Gasteiger partial charge >= 0.3 is 0 Å². The molecule has 1 aliphatic heterocycles. The third kappa shape index (κ3) is 5.40. The minimum atomic E-state index is -3.65. The van der Waals surface area contributed by atoms with Gasteiger partial charge in [0.15, 0.2) is 0 Å². The van der Waals surface area contributed by atoms with E-state index in [0.717, 1.165) is 23.8 Å². The summed E-state index contributed by atoms with van der Waals surface area (Å²) in [6.45, 7) is 1.36. The van der Waals surface area contributed by atoms with Crippen LogP contribution in [0.3, 0.4) is 0 Å². The van der Waals surface area contributed by atoms with Crippen LogP contribution in [0.1, 0.15) is 34.8 Å². The van der Waals surface area contributed by atoms with E-state index in [0.29, 0.717) is 30.4 Å². The van der Waals surface area contributed by atoms with Crippen LogP contribution in [0, 0.1) is 0 Å². The number of hydrogen-bond donors (Lipinski definition) is 1. The molecule has 0 saturated carbocycles. The zero-order valence-corrected chi connectivity index (χ0v) is 17.8. The standard InChI is InChI=1S/C23H24N4O3S/c28-23(26-14-10-22(11-15-26)27-16-13-24-18-27)20-6-8-21(9-7-20)25-31(29,30)17-12-19-4-2-1-3-5-19/h1-9,12-13,16-18,22,25H,10-11,14-15H2/b17-12+. The molecule has 160 valence electrons. The summed E-state index contributed by atoms with van der Waals surface area (Å²) in [7, 11) is -3.65. The van der Waals surface area contributed by atoms with E-state index < -0.39 is 10.0 Å². The maximum absolute atomic E-state index is 12.8. The first kappa shape index (κ1) is 20.9. The fourth-order valence-electron chi connectivity index (χ4n) is 3.65. The van der Waals surface area contributed by atoms with E-state index in [-0.39, 0.29) is 5.91 Å². The van der Waals surface area contributed by atoms with Crippen molar-refractivity contribution in [2.75, 3.05) is 17.8 Å². The molecule has 2 heterocycles. The molecule has 0 spiro atoms. The van der Waals surface area contributed by atoms with E-state index in [4.69, 9.17) is 0 Å². The number of imidazole rings is 1. The van der Waals surface area contributed by atoms with E-state index in [1.807, 2.05) is 47.8 Å². The number of carbonyl (C=O) groups excluding carboxylic acids is 1. The largest absolute Gasteiger partial charge is 0.338 e. The number of aromatic nitrogens is 2. The average molecular weight is 437 g/mol. The number of rotatable bonds is 6. The Balaban J connectivity index is 1.34. The zero-order valence-electron chi connectivity index (χ0n) is 17.0. The van der Waals surface area contributed by atoms with Gasteiger partial charge in [-0.25, -0.2) is 13.4 Å². The Hall–Kier alpha value is -3.39. The van der Waals surface area contributed by atoms with Crippen LogP contribution in [0.25, 0.3) is 6.08 Å². The second kappa shape index (κ2) is 9.18. The molecular formula is C23H24N4O3S. The van der Waals surface area contributed by atoms with E-state index >= 15 is 0 Å². The van der Waals surface area contributed by atoms with Gasteiger partial charge < -0.3 is 9.47 Å². The predicted octanol–water partition coefficient (Wildman–Crippen LogP) is 3.77. The molecule has 1 fully saturated rings. The predicted molar refractivity (Wildman–Crippen MR) is 121 cm³/mol. The number of likely N-dealkylation sites (tertiary alicyclic amines) is 1. The number of anilines is 1. The number of nitrogens with one attached hydrogen (secondary N) is 1. The highest BCUT2D eigenvalue weighted by molar-refractivity contribution is 7.95. The van der Waals surface area contributed by atoms with Crippen LogP contribution in [-0.4, -0.2) is 41.9 Å². The van der Waals surface area contributed by atoms with Gasteiger partial charge in [-0.2, -0.15) is 0 Å². The maximum Gasteiger partial charge on any atom is 0.255 e. The van der Waals surface area contributed by atoms with Gasteiger partial charge in [0.2, 0.25) is 0 Å². The van der Waals surface area contributed by atoms with Crippen LogP contribution in [0.2, 0.25) is 0 Å². The molecule has 0 aliphatic carbocycles. The summed E-state index contributed by atoms with van der Waals surface area (Å²) in [6.07, 6.45) is 8.84. The molecule has 1 amide bonds. The van der Waals surface area contributed by atoms with Crippen LogP contribution in [0.15, 0.2) is 78.7 Å². The van der Waals surface area contributed by atoms with Gasteiger partial charge in [0.25, 0.3) is 15.9 Å². The van der Waals surface area contributed by atoms with Crippen molar-refractivity contribution in [2.24, 2.45) is 0 Å². The van der Waals surface area contributed by atoms with Crippen molar-refractivity contribution in [3.63, 3.8) is 0 Å². The number of hydrogen-bond acceptors (Lipinski definition) is 4. The molecule has 2 aromatic carbocycles. The Morgan fingerprint density at radius 2 is 1.74 bits per heavy atom. The quantitative estimate of drug-likeness (QED) is 0.637. The maximum atomic E-state index is 12.8. The molecule has 1 aliphatic rings. The van der Waals surface area contributed by atoms with Gasteiger partial charge in [0, 0.05) is 42.8 Å².